The Hall–Kier alpha value is -2.57. The quantitative estimate of drug-likeness (QED) is 0.829. The van der Waals surface area contributed by atoms with E-state index in [1.165, 1.54) is 4.90 Å². The van der Waals surface area contributed by atoms with Crippen LogP contribution in [0.2, 0.25) is 0 Å². The van der Waals surface area contributed by atoms with E-state index >= 15 is 0 Å². The van der Waals surface area contributed by atoms with Crippen molar-refractivity contribution in [3.05, 3.63) is 23.8 Å². The average molecular weight is 358 g/mol. The number of carbonyl (C=O) groups excluding carboxylic acids is 3. The number of likely N-dealkylation sites (tertiary alicyclic amines) is 1. The molecule has 2 heterocycles. The molecule has 0 aromatic heterocycles. The molecule has 1 saturated heterocycles. The topological polar surface area (TPSA) is 84.9 Å². The molecule has 1 atom stereocenters. The third kappa shape index (κ3) is 2.71. The predicted octanol–water partition coefficient (Wildman–Crippen LogP) is 1.74. The van der Waals surface area contributed by atoms with Gasteiger partial charge in [0, 0.05) is 13.0 Å². The Morgan fingerprint density at radius 2 is 1.96 bits per heavy atom. The lowest BCUT2D eigenvalue weighted by Gasteiger charge is -2.25. The van der Waals surface area contributed by atoms with Crippen molar-refractivity contribution in [2.24, 2.45) is 5.41 Å². The third-order valence-corrected chi connectivity index (χ3v) is 5.66. The van der Waals surface area contributed by atoms with Gasteiger partial charge in [-0.05, 0) is 37.5 Å². The van der Waals surface area contributed by atoms with Crippen LogP contribution >= 0.6 is 0 Å². The van der Waals surface area contributed by atoms with Crippen molar-refractivity contribution >= 4 is 17.7 Å². The average Bonchev–Trinajstić information content (AvgIpc) is 3.33. The fourth-order valence-corrected chi connectivity index (χ4v) is 4.16. The van der Waals surface area contributed by atoms with Crippen molar-refractivity contribution in [1.82, 2.24) is 10.2 Å². The second-order valence-electron chi connectivity index (χ2n) is 7.31. The van der Waals surface area contributed by atoms with Gasteiger partial charge in [-0.1, -0.05) is 18.9 Å². The van der Waals surface area contributed by atoms with Crippen molar-refractivity contribution in [1.29, 1.82) is 0 Å². The monoisotopic (exact) mass is 358 g/mol. The summed E-state index contributed by atoms with van der Waals surface area (Å²) in [6.45, 7) is 2.10. The summed E-state index contributed by atoms with van der Waals surface area (Å²) in [5, 5.41) is 2.81. The van der Waals surface area contributed by atoms with Crippen LogP contribution in [0.5, 0.6) is 11.5 Å². The zero-order chi connectivity index (χ0) is 18.3. The van der Waals surface area contributed by atoms with Crippen molar-refractivity contribution in [3.8, 4) is 11.5 Å². The van der Waals surface area contributed by atoms with Crippen molar-refractivity contribution in [2.45, 2.75) is 51.6 Å². The largest absolute Gasteiger partial charge is 0.454 e. The number of hydrogen-bond donors (Lipinski definition) is 1. The summed E-state index contributed by atoms with van der Waals surface area (Å²) >= 11 is 0. The van der Waals surface area contributed by atoms with Crippen LogP contribution in [0.25, 0.3) is 0 Å². The first-order valence-corrected chi connectivity index (χ1v) is 9.03. The van der Waals surface area contributed by atoms with Gasteiger partial charge in [0.25, 0.3) is 0 Å². The molecule has 3 aliphatic rings. The lowest BCUT2D eigenvalue weighted by atomic mass is 9.84. The number of nitrogens with zero attached hydrogens (tertiary/aromatic N) is 1. The van der Waals surface area contributed by atoms with E-state index in [0.29, 0.717) is 18.0 Å². The zero-order valence-corrected chi connectivity index (χ0v) is 14.7. The number of ether oxygens (including phenoxy) is 2. The number of benzene rings is 1. The number of nitrogens with one attached hydrogen (secondary N) is 1. The molecule has 7 nitrogen and oxygen atoms in total. The van der Waals surface area contributed by atoms with Gasteiger partial charge in [-0.2, -0.15) is 0 Å². The first kappa shape index (κ1) is 16.9. The minimum atomic E-state index is -0.802. The van der Waals surface area contributed by atoms with E-state index in [1.54, 1.807) is 13.0 Å². The first-order valence-electron chi connectivity index (χ1n) is 9.03. The summed E-state index contributed by atoms with van der Waals surface area (Å²) in [6.07, 6.45) is 3.68. The van der Waals surface area contributed by atoms with Gasteiger partial charge in [0.05, 0.1) is 5.41 Å². The van der Waals surface area contributed by atoms with Gasteiger partial charge in [-0.3, -0.25) is 19.3 Å². The fourth-order valence-electron chi connectivity index (χ4n) is 4.16. The smallest absolute Gasteiger partial charge is 0.243 e. The minimum absolute atomic E-state index is 0.175. The van der Waals surface area contributed by atoms with Gasteiger partial charge in [0.15, 0.2) is 11.5 Å². The van der Waals surface area contributed by atoms with E-state index in [9.17, 15) is 14.4 Å². The fraction of sp³-hybridized carbons (Fsp3) is 0.526. The third-order valence-electron chi connectivity index (χ3n) is 5.66. The second-order valence-corrected chi connectivity index (χ2v) is 7.31. The molecule has 7 heteroatoms. The van der Waals surface area contributed by atoms with Crippen LogP contribution in [-0.2, 0) is 20.9 Å². The number of hydrogen-bond acceptors (Lipinski definition) is 5. The van der Waals surface area contributed by atoms with Crippen LogP contribution in [0.15, 0.2) is 18.2 Å². The van der Waals surface area contributed by atoms with Crippen LogP contribution in [0.4, 0.5) is 0 Å². The summed E-state index contributed by atoms with van der Waals surface area (Å²) < 4.78 is 10.6. The minimum Gasteiger partial charge on any atom is -0.454 e. The molecule has 1 aliphatic carbocycles. The van der Waals surface area contributed by atoms with E-state index < -0.39 is 11.5 Å². The SMILES string of the molecule is C[C@H](C(=O)NCc1ccc2c(c1)OCO2)N1C(=O)CC2(CCCC2)C1=O. The van der Waals surface area contributed by atoms with Crippen LogP contribution in [0.3, 0.4) is 0 Å². The van der Waals surface area contributed by atoms with Gasteiger partial charge < -0.3 is 14.8 Å². The van der Waals surface area contributed by atoms with Gasteiger partial charge in [0.2, 0.25) is 24.5 Å². The molecule has 0 bridgehead atoms. The van der Waals surface area contributed by atoms with E-state index in [-0.39, 0.29) is 30.9 Å². The van der Waals surface area contributed by atoms with Gasteiger partial charge >= 0.3 is 0 Å². The second kappa shape index (κ2) is 6.30. The van der Waals surface area contributed by atoms with E-state index in [1.807, 2.05) is 12.1 Å². The van der Waals surface area contributed by atoms with E-state index in [4.69, 9.17) is 9.47 Å². The zero-order valence-electron chi connectivity index (χ0n) is 14.7. The van der Waals surface area contributed by atoms with Crippen LogP contribution in [-0.4, -0.2) is 35.5 Å². The molecule has 1 aromatic carbocycles. The summed E-state index contributed by atoms with van der Waals surface area (Å²) in [5.74, 6) is 0.592. The Morgan fingerprint density at radius 3 is 2.73 bits per heavy atom. The van der Waals surface area contributed by atoms with Crippen molar-refractivity contribution in [3.63, 3.8) is 0 Å². The van der Waals surface area contributed by atoms with E-state index in [0.717, 1.165) is 31.2 Å². The Balaban J connectivity index is 1.40. The van der Waals surface area contributed by atoms with Crippen LogP contribution < -0.4 is 14.8 Å². The maximum absolute atomic E-state index is 12.8. The summed E-state index contributed by atoms with van der Waals surface area (Å²) in [7, 11) is 0. The highest BCUT2D eigenvalue weighted by Crippen LogP contribution is 2.47. The Labute approximate surface area is 151 Å². The maximum atomic E-state index is 12.8. The normalized spacial score (nSPS) is 21.5. The summed E-state index contributed by atoms with van der Waals surface area (Å²) in [4.78, 5) is 38.9. The summed E-state index contributed by atoms with van der Waals surface area (Å²) in [6, 6.07) is 4.65. The standard InChI is InChI=1S/C19H22N2O5/c1-12(21-16(22)9-19(18(21)24)6-2-3-7-19)17(23)20-10-13-4-5-14-15(8-13)26-11-25-14/h4-5,8,12H,2-3,6-7,9-11H2,1H3,(H,20,23)/t12-/m1/s1. The van der Waals surface area contributed by atoms with Crippen LogP contribution in [0, 0.1) is 5.41 Å². The Morgan fingerprint density at radius 1 is 1.23 bits per heavy atom. The molecule has 2 fully saturated rings. The molecule has 3 amide bonds. The van der Waals surface area contributed by atoms with Gasteiger partial charge in [-0.15, -0.1) is 0 Å². The molecule has 1 aromatic rings. The lowest BCUT2D eigenvalue weighted by molar-refractivity contribution is -0.148. The van der Waals surface area contributed by atoms with Gasteiger partial charge in [0.1, 0.15) is 6.04 Å². The first-order chi connectivity index (χ1) is 12.5. The molecule has 1 spiro atoms. The molecular weight excluding hydrogens is 336 g/mol. The predicted molar refractivity (Wildman–Crippen MR) is 91.2 cm³/mol. The van der Waals surface area contributed by atoms with E-state index in [2.05, 4.69) is 5.32 Å². The summed E-state index contributed by atoms with van der Waals surface area (Å²) in [5.41, 5.74) is 0.310. The molecule has 1 N–H and O–H groups in total. The Bertz CT molecular complexity index is 769. The molecule has 2 aliphatic heterocycles. The highest BCUT2D eigenvalue weighted by Gasteiger charge is 2.54. The molecule has 0 radical (unpaired) electrons. The highest BCUT2D eigenvalue weighted by atomic mass is 16.7. The number of amides is 3. The lowest BCUT2D eigenvalue weighted by Crippen LogP contribution is -2.48. The Kier molecular flexibility index (Phi) is 4.09. The number of fused-ring (bicyclic) bond motifs is 1. The number of imide groups is 1. The molecule has 138 valence electrons. The van der Waals surface area contributed by atoms with Crippen LogP contribution in [0.1, 0.15) is 44.6 Å². The molecule has 4 rings (SSSR count). The molecular formula is C19H22N2O5. The number of carbonyl (C=O) groups is 3. The molecule has 0 unspecified atom stereocenters. The van der Waals surface area contributed by atoms with Crippen molar-refractivity contribution in [2.75, 3.05) is 6.79 Å². The number of rotatable bonds is 4. The highest BCUT2D eigenvalue weighted by molar-refractivity contribution is 6.08. The molecule has 1 saturated carbocycles. The molecule has 26 heavy (non-hydrogen) atoms. The van der Waals surface area contributed by atoms with Gasteiger partial charge in [-0.25, -0.2) is 0 Å². The maximum Gasteiger partial charge on any atom is 0.243 e. The van der Waals surface area contributed by atoms with Crippen molar-refractivity contribution < 1.29 is 23.9 Å².